The molecule has 0 unspecified atom stereocenters. The molecule has 2 fully saturated rings. The summed E-state index contributed by atoms with van der Waals surface area (Å²) in [7, 11) is 0. The molecule has 0 bridgehead atoms. The number of rotatable bonds is 5. The highest BCUT2D eigenvalue weighted by atomic mass is 16.5. The van der Waals surface area contributed by atoms with Crippen molar-refractivity contribution in [2.45, 2.75) is 77.9 Å². The molecule has 180 valence electrons. The van der Waals surface area contributed by atoms with Gasteiger partial charge in [-0.2, -0.15) is 0 Å². The molecule has 0 atom stereocenters. The van der Waals surface area contributed by atoms with Gasteiger partial charge in [0, 0.05) is 49.1 Å². The molecule has 2 heterocycles. The smallest absolute Gasteiger partial charge is 0.247 e. The molecule has 2 aliphatic rings. The number of hydrogen-bond acceptors (Lipinski definition) is 6. The number of nitrogens with zero attached hydrogens (tertiary/aromatic N) is 4. The summed E-state index contributed by atoms with van der Waals surface area (Å²) >= 11 is 0. The minimum atomic E-state index is -0.170. The van der Waals surface area contributed by atoms with Crippen LogP contribution in [0.4, 0.5) is 0 Å². The van der Waals surface area contributed by atoms with Crippen molar-refractivity contribution >= 4 is 5.91 Å². The minimum Gasteiger partial charge on any atom is -0.490 e. The van der Waals surface area contributed by atoms with Gasteiger partial charge in [-0.1, -0.05) is 20.8 Å². The van der Waals surface area contributed by atoms with Crippen LogP contribution in [0.5, 0.6) is 5.75 Å². The number of benzene rings is 1. The fourth-order valence-electron chi connectivity index (χ4n) is 4.66. The van der Waals surface area contributed by atoms with E-state index in [0.717, 1.165) is 63.2 Å². The maximum absolute atomic E-state index is 13.0. The van der Waals surface area contributed by atoms with Crippen LogP contribution in [0.2, 0.25) is 0 Å². The first-order valence-corrected chi connectivity index (χ1v) is 12.3. The second kappa shape index (κ2) is 9.84. The summed E-state index contributed by atoms with van der Waals surface area (Å²) in [5, 5.41) is 8.34. The summed E-state index contributed by atoms with van der Waals surface area (Å²) in [6, 6.07) is 8.39. The van der Waals surface area contributed by atoms with Crippen LogP contribution < -0.4 is 4.74 Å². The molecule has 1 amide bonds. The van der Waals surface area contributed by atoms with E-state index in [2.05, 4.69) is 54.6 Å². The van der Waals surface area contributed by atoms with Gasteiger partial charge in [-0.05, 0) is 63.8 Å². The number of aromatic nitrogens is 2. The SMILES string of the molecule is CC(C)N1CCN(C(=O)C2CCC(Oc3ccc(-c4nnc(C(C)(C)C)o4)cc3)CC2)CC1. The van der Waals surface area contributed by atoms with Crippen LogP contribution in [0.25, 0.3) is 11.5 Å². The van der Waals surface area contributed by atoms with Crippen LogP contribution >= 0.6 is 0 Å². The van der Waals surface area contributed by atoms with E-state index < -0.39 is 0 Å². The van der Waals surface area contributed by atoms with Crippen molar-refractivity contribution in [1.82, 2.24) is 20.0 Å². The molecule has 1 saturated carbocycles. The quantitative estimate of drug-likeness (QED) is 0.661. The molecule has 1 saturated heterocycles. The molecule has 1 aromatic carbocycles. The van der Waals surface area contributed by atoms with Crippen molar-refractivity contribution in [3.63, 3.8) is 0 Å². The first-order valence-electron chi connectivity index (χ1n) is 12.3. The van der Waals surface area contributed by atoms with Gasteiger partial charge in [-0.25, -0.2) is 0 Å². The maximum atomic E-state index is 13.0. The van der Waals surface area contributed by atoms with Gasteiger partial charge < -0.3 is 14.1 Å². The fraction of sp³-hybridized carbons (Fsp3) is 0.654. The van der Waals surface area contributed by atoms with Gasteiger partial charge in [0.2, 0.25) is 17.7 Å². The summed E-state index contributed by atoms with van der Waals surface area (Å²) in [5.41, 5.74) is 0.717. The molecular weight excluding hydrogens is 416 g/mol. The van der Waals surface area contributed by atoms with Crippen LogP contribution in [0.15, 0.2) is 28.7 Å². The largest absolute Gasteiger partial charge is 0.490 e. The van der Waals surface area contributed by atoms with Crippen molar-refractivity contribution in [1.29, 1.82) is 0 Å². The Bertz CT molecular complexity index is 916. The van der Waals surface area contributed by atoms with E-state index in [1.165, 1.54) is 0 Å². The Morgan fingerprint density at radius 1 is 1.00 bits per heavy atom. The second-order valence-corrected chi connectivity index (χ2v) is 10.7. The van der Waals surface area contributed by atoms with E-state index in [9.17, 15) is 4.79 Å². The molecule has 4 rings (SSSR count). The highest BCUT2D eigenvalue weighted by molar-refractivity contribution is 5.79. The molecule has 7 heteroatoms. The molecule has 2 aromatic rings. The van der Waals surface area contributed by atoms with Crippen molar-refractivity contribution in [3.05, 3.63) is 30.2 Å². The van der Waals surface area contributed by atoms with Gasteiger partial charge in [-0.3, -0.25) is 9.69 Å². The molecule has 33 heavy (non-hydrogen) atoms. The standard InChI is InChI=1S/C26H38N4O3/c1-18(2)29-14-16-30(17-15-29)24(31)20-8-12-22(13-9-20)32-21-10-6-19(7-11-21)23-27-28-25(33-23)26(3,4)5/h6-7,10-11,18,20,22H,8-9,12-17H2,1-5H3. The monoisotopic (exact) mass is 454 g/mol. The average Bonchev–Trinajstić information content (AvgIpc) is 3.31. The van der Waals surface area contributed by atoms with Crippen LogP contribution in [0.3, 0.4) is 0 Å². The van der Waals surface area contributed by atoms with E-state index >= 15 is 0 Å². The average molecular weight is 455 g/mol. The summed E-state index contributed by atoms with van der Waals surface area (Å²) in [5.74, 6) is 2.49. The van der Waals surface area contributed by atoms with Crippen LogP contribution in [0.1, 0.15) is 66.2 Å². The van der Waals surface area contributed by atoms with E-state index in [1.807, 2.05) is 24.3 Å². The third-order valence-electron chi connectivity index (χ3n) is 6.85. The number of amides is 1. The lowest BCUT2D eigenvalue weighted by Crippen LogP contribution is -2.52. The summed E-state index contributed by atoms with van der Waals surface area (Å²) in [6.45, 7) is 14.3. The number of carbonyl (C=O) groups excluding carboxylic acids is 1. The molecule has 1 aromatic heterocycles. The second-order valence-electron chi connectivity index (χ2n) is 10.7. The molecule has 7 nitrogen and oxygen atoms in total. The summed E-state index contributed by atoms with van der Waals surface area (Å²) in [4.78, 5) is 17.5. The Labute approximate surface area is 197 Å². The molecule has 1 aliphatic heterocycles. The molecule has 0 N–H and O–H groups in total. The minimum absolute atomic E-state index is 0.146. The Kier molecular flexibility index (Phi) is 7.07. The number of ether oxygens (including phenoxy) is 1. The van der Waals surface area contributed by atoms with Gasteiger partial charge in [0.1, 0.15) is 5.75 Å². The number of carbonyl (C=O) groups is 1. The van der Waals surface area contributed by atoms with Crippen molar-refractivity contribution < 1.29 is 13.9 Å². The highest BCUT2D eigenvalue weighted by Gasteiger charge is 2.32. The van der Waals surface area contributed by atoms with Crippen LogP contribution in [-0.2, 0) is 10.2 Å². The van der Waals surface area contributed by atoms with Crippen molar-refractivity contribution in [2.75, 3.05) is 26.2 Å². The molecular formula is C26H38N4O3. The normalized spacial score (nSPS) is 22.5. The lowest BCUT2D eigenvalue weighted by Gasteiger charge is -2.39. The first kappa shape index (κ1) is 23.7. The lowest BCUT2D eigenvalue weighted by atomic mass is 9.86. The van der Waals surface area contributed by atoms with E-state index in [0.29, 0.717) is 23.7 Å². The summed E-state index contributed by atoms with van der Waals surface area (Å²) in [6.07, 6.45) is 3.81. The molecule has 0 radical (unpaired) electrons. The van der Waals surface area contributed by atoms with Crippen molar-refractivity contribution in [3.8, 4) is 17.2 Å². The van der Waals surface area contributed by atoms with Gasteiger partial charge in [0.05, 0.1) is 6.10 Å². The number of piperazine rings is 1. The zero-order valence-corrected chi connectivity index (χ0v) is 20.7. The first-order chi connectivity index (χ1) is 15.7. The third kappa shape index (κ3) is 5.75. The van der Waals surface area contributed by atoms with Gasteiger partial charge in [0.15, 0.2) is 0 Å². The highest BCUT2D eigenvalue weighted by Crippen LogP contribution is 2.31. The zero-order valence-electron chi connectivity index (χ0n) is 20.7. The molecule has 1 aliphatic carbocycles. The Hall–Kier alpha value is -2.41. The third-order valence-corrected chi connectivity index (χ3v) is 6.85. The fourth-order valence-corrected chi connectivity index (χ4v) is 4.66. The Morgan fingerprint density at radius 2 is 1.64 bits per heavy atom. The van der Waals surface area contributed by atoms with E-state index in [1.54, 1.807) is 0 Å². The van der Waals surface area contributed by atoms with E-state index in [4.69, 9.17) is 9.15 Å². The van der Waals surface area contributed by atoms with Crippen molar-refractivity contribution in [2.24, 2.45) is 5.92 Å². The Morgan fingerprint density at radius 3 is 2.18 bits per heavy atom. The van der Waals surface area contributed by atoms with Gasteiger partial charge >= 0.3 is 0 Å². The van der Waals surface area contributed by atoms with Crippen LogP contribution in [0, 0.1) is 5.92 Å². The predicted octanol–water partition coefficient (Wildman–Crippen LogP) is 4.52. The van der Waals surface area contributed by atoms with Gasteiger partial charge in [-0.15, -0.1) is 10.2 Å². The zero-order chi connectivity index (χ0) is 23.6. The van der Waals surface area contributed by atoms with Gasteiger partial charge in [0.25, 0.3) is 0 Å². The maximum Gasteiger partial charge on any atom is 0.247 e. The Balaban J connectivity index is 1.25. The predicted molar refractivity (Wildman–Crippen MR) is 128 cm³/mol. The lowest BCUT2D eigenvalue weighted by molar-refractivity contribution is -0.139. The number of hydrogen-bond donors (Lipinski definition) is 0. The van der Waals surface area contributed by atoms with E-state index in [-0.39, 0.29) is 17.4 Å². The van der Waals surface area contributed by atoms with Crippen LogP contribution in [-0.4, -0.2) is 64.2 Å². The molecule has 0 spiro atoms. The summed E-state index contributed by atoms with van der Waals surface area (Å²) < 4.78 is 12.0. The topological polar surface area (TPSA) is 71.7 Å².